The Morgan fingerprint density at radius 1 is 1.24 bits per heavy atom. The summed E-state index contributed by atoms with van der Waals surface area (Å²) in [6.45, 7) is 6.19. The molecule has 0 N–H and O–H groups in total. The Morgan fingerprint density at radius 2 is 1.94 bits per heavy atom. The Balaban J connectivity index is 2.36. The van der Waals surface area contributed by atoms with Gasteiger partial charge < -0.3 is 9.64 Å². The van der Waals surface area contributed by atoms with Gasteiger partial charge in [-0.3, -0.25) is 4.79 Å². The highest BCUT2D eigenvalue weighted by Gasteiger charge is 2.05. The van der Waals surface area contributed by atoms with E-state index in [4.69, 9.17) is 4.74 Å². The van der Waals surface area contributed by atoms with E-state index in [9.17, 15) is 4.79 Å². The number of nitrogens with zero attached hydrogens (tertiary/aromatic N) is 1. The van der Waals surface area contributed by atoms with Gasteiger partial charge in [0.05, 0.1) is 6.54 Å². The van der Waals surface area contributed by atoms with Crippen LogP contribution in [0.1, 0.15) is 26.7 Å². The lowest BCUT2D eigenvalue weighted by molar-refractivity contribution is -0.143. The molecule has 1 rings (SSSR count). The van der Waals surface area contributed by atoms with Crippen LogP contribution in [0, 0.1) is 0 Å². The zero-order valence-electron chi connectivity index (χ0n) is 10.7. The number of ether oxygens (including phenoxy) is 1. The number of carbonyl (C=O) groups excluding carboxylic acids is 1. The van der Waals surface area contributed by atoms with E-state index in [1.807, 2.05) is 25.1 Å². The summed E-state index contributed by atoms with van der Waals surface area (Å²) < 4.78 is 5.16. The summed E-state index contributed by atoms with van der Waals surface area (Å²) in [5.74, 6) is -0.100. The number of anilines is 1. The fourth-order valence-corrected chi connectivity index (χ4v) is 1.65. The normalized spacial score (nSPS) is 10.0. The molecule has 0 heterocycles. The summed E-state index contributed by atoms with van der Waals surface area (Å²) in [4.78, 5) is 13.4. The molecule has 3 heteroatoms. The van der Waals surface area contributed by atoms with Crippen molar-refractivity contribution in [2.45, 2.75) is 26.7 Å². The standard InChI is InChI=1S/C14H21NO2/c1-3-8-14(16)17-12-11-15(4-2)13-9-6-5-7-10-13/h5-7,9-10H,3-4,8,11-12H2,1-2H3. The summed E-state index contributed by atoms with van der Waals surface area (Å²) in [5.41, 5.74) is 1.17. The molecule has 3 nitrogen and oxygen atoms in total. The SMILES string of the molecule is CCCC(=O)OCCN(CC)c1ccccc1. The van der Waals surface area contributed by atoms with E-state index in [0.717, 1.165) is 19.5 Å². The lowest BCUT2D eigenvalue weighted by atomic mass is 10.3. The van der Waals surface area contributed by atoms with Gasteiger partial charge in [-0.25, -0.2) is 0 Å². The minimum Gasteiger partial charge on any atom is -0.464 e. The third-order valence-electron chi connectivity index (χ3n) is 2.58. The molecule has 1 aromatic carbocycles. The molecule has 0 aliphatic carbocycles. The van der Waals surface area contributed by atoms with Crippen molar-refractivity contribution in [2.75, 3.05) is 24.6 Å². The molecule has 0 amide bonds. The zero-order valence-corrected chi connectivity index (χ0v) is 10.7. The Kier molecular flexibility index (Phi) is 6.15. The van der Waals surface area contributed by atoms with Crippen LogP contribution in [0.15, 0.2) is 30.3 Å². The van der Waals surface area contributed by atoms with Gasteiger partial charge in [-0.05, 0) is 25.5 Å². The molecule has 1 aromatic rings. The van der Waals surface area contributed by atoms with Gasteiger partial charge in [-0.15, -0.1) is 0 Å². The molecule has 0 bridgehead atoms. The molecule has 0 spiro atoms. The zero-order chi connectivity index (χ0) is 12.5. The maximum Gasteiger partial charge on any atom is 0.305 e. The third-order valence-corrected chi connectivity index (χ3v) is 2.58. The number of esters is 1. The summed E-state index contributed by atoms with van der Waals surface area (Å²) in [5, 5.41) is 0. The summed E-state index contributed by atoms with van der Waals surface area (Å²) >= 11 is 0. The van der Waals surface area contributed by atoms with E-state index in [-0.39, 0.29) is 5.97 Å². The Morgan fingerprint density at radius 3 is 2.53 bits per heavy atom. The van der Waals surface area contributed by atoms with E-state index in [1.54, 1.807) is 0 Å². The van der Waals surface area contributed by atoms with E-state index in [0.29, 0.717) is 13.0 Å². The van der Waals surface area contributed by atoms with Crippen molar-refractivity contribution in [3.8, 4) is 0 Å². The van der Waals surface area contributed by atoms with Crippen LogP contribution in [0.3, 0.4) is 0 Å². The van der Waals surface area contributed by atoms with Crippen LogP contribution in [0.2, 0.25) is 0 Å². The molecule has 0 aromatic heterocycles. The van der Waals surface area contributed by atoms with E-state index < -0.39 is 0 Å². The third kappa shape index (κ3) is 4.89. The minimum absolute atomic E-state index is 0.100. The fourth-order valence-electron chi connectivity index (χ4n) is 1.65. The van der Waals surface area contributed by atoms with Crippen molar-refractivity contribution in [3.05, 3.63) is 30.3 Å². The van der Waals surface area contributed by atoms with E-state index >= 15 is 0 Å². The Bertz CT molecular complexity index is 324. The average molecular weight is 235 g/mol. The second kappa shape index (κ2) is 7.71. The van der Waals surface area contributed by atoms with E-state index in [1.165, 1.54) is 5.69 Å². The number of carbonyl (C=O) groups is 1. The number of hydrogen-bond donors (Lipinski definition) is 0. The number of para-hydroxylation sites is 1. The van der Waals surface area contributed by atoms with Crippen LogP contribution >= 0.6 is 0 Å². The molecule has 0 unspecified atom stereocenters. The summed E-state index contributed by atoms with van der Waals surface area (Å²) in [6, 6.07) is 10.2. The van der Waals surface area contributed by atoms with Crippen molar-refractivity contribution in [2.24, 2.45) is 0 Å². The fraction of sp³-hybridized carbons (Fsp3) is 0.500. The molecular weight excluding hydrogens is 214 g/mol. The van der Waals surface area contributed by atoms with Gasteiger partial charge >= 0.3 is 5.97 Å². The highest BCUT2D eigenvalue weighted by atomic mass is 16.5. The monoisotopic (exact) mass is 235 g/mol. The largest absolute Gasteiger partial charge is 0.464 e. The lowest BCUT2D eigenvalue weighted by Gasteiger charge is -2.22. The van der Waals surface area contributed by atoms with Crippen LogP contribution in [0.25, 0.3) is 0 Å². The number of likely N-dealkylation sites (N-methyl/N-ethyl adjacent to an activating group) is 1. The van der Waals surface area contributed by atoms with Crippen LogP contribution in [0.5, 0.6) is 0 Å². The van der Waals surface area contributed by atoms with Crippen molar-refractivity contribution in [1.82, 2.24) is 0 Å². The molecule has 0 atom stereocenters. The predicted molar refractivity (Wildman–Crippen MR) is 70.2 cm³/mol. The number of hydrogen-bond acceptors (Lipinski definition) is 3. The van der Waals surface area contributed by atoms with Crippen LogP contribution in [-0.2, 0) is 9.53 Å². The first-order valence-electron chi connectivity index (χ1n) is 6.23. The molecular formula is C14H21NO2. The topological polar surface area (TPSA) is 29.5 Å². The summed E-state index contributed by atoms with van der Waals surface area (Å²) in [6.07, 6.45) is 1.35. The molecule has 17 heavy (non-hydrogen) atoms. The Labute approximate surface area is 103 Å². The first-order chi connectivity index (χ1) is 8.27. The van der Waals surface area contributed by atoms with Gasteiger partial charge in [0.15, 0.2) is 0 Å². The molecule has 0 saturated heterocycles. The highest BCUT2D eigenvalue weighted by Crippen LogP contribution is 2.12. The van der Waals surface area contributed by atoms with Crippen molar-refractivity contribution in [1.29, 1.82) is 0 Å². The summed E-state index contributed by atoms with van der Waals surface area (Å²) in [7, 11) is 0. The molecule has 0 aliphatic rings. The van der Waals surface area contributed by atoms with Crippen molar-refractivity contribution >= 4 is 11.7 Å². The predicted octanol–water partition coefficient (Wildman–Crippen LogP) is 2.86. The molecule has 0 saturated carbocycles. The number of rotatable bonds is 7. The quantitative estimate of drug-likeness (QED) is 0.681. The van der Waals surface area contributed by atoms with Gasteiger partial charge in [0.2, 0.25) is 0 Å². The lowest BCUT2D eigenvalue weighted by Crippen LogP contribution is -2.27. The highest BCUT2D eigenvalue weighted by molar-refractivity contribution is 5.69. The number of benzene rings is 1. The van der Waals surface area contributed by atoms with Gasteiger partial charge in [0, 0.05) is 18.7 Å². The molecule has 94 valence electrons. The van der Waals surface area contributed by atoms with Crippen LogP contribution in [-0.4, -0.2) is 25.7 Å². The van der Waals surface area contributed by atoms with E-state index in [2.05, 4.69) is 24.0 Å². The van der Waals surface area contributed by atoms with Gasteiger partial charge in [0.1, 0.15) is 6.61 Å². The van der Waals surface area contributed by atoms with Gasteiger partial charge in [0.25, 0.3) is 0 Å². The smallest absolute Gasteiger partial charge is 0.305 e. The van der Waals surface area contributed by atoms with Crippen molar-refractivity contribution in [3.63, 3.8) is 0 Å². The molecule has 0 radical (unpaired) electrons. The minimum atomic E-state index is -0.100. The van der Waals surface area contributed by atoms with Gasteiger partial charge in [-0.1, -0.05) is 25.1 Å². The van der Waals surface area contributed by atoms with Crippen LogP contribution in [0.4, 0.5) is 5.69 Å². The van der Waals surface area contributed by atoms with Crippen LogP contribution < -0.4 is 4.90 Å². The maximum absolute atomic E-state index is 11.2. The molecule has 0 fully saturated rings. The first kappa shape index (κ1) is 13.6. The second-order valence-corrected chi connectivity index (χ2v) is 3.89. The van der Waals surface area contributed by atoms with Crippen molar-refractivity contribution < 1.29 is 9.53 Å². The Hall–Kier alpha value is -1.51. The van der Waals surface area contributed by atoms with Gasteiger partial charge in [-0.2, -0.15) is 0 Å². The maximum atomic E-state index is 11.2. The molecule has 0 aliphatic heterocycles. The first-order valence-corrected chi connectivity index (χ1v) is 6.23. The second-order valence-electron chi connectivity index (χ2n) is 3.89. The average Bonchev–Trinajstić information content (AvgIpc) is 2.36.